The molecule has 0 aliphatic heterocycles. The molecule has 0 radical (unpaired) electrons. The van der Waals surface area contributed by atoms with Gasteiger partial charge >= 0.3 is 6.18 Å². The summed E-state index contributed by atoms with van der Waals surface area (Å²) in [5, 5.41) is -3.80. The second kappa shape index (κ2) is 4.68. The lowest BCUT2D eigenvalue weighted by molar-refractivity contribution is -0.173. The molecular formula is C7H9Cl2F3O2. The van der Waals surface area contributed by atoms with Crippen molar-refractivity contribution in [1.29, 1.82) is 0 Å². The van der Waals surface area contributed by atoms with E-state index < -0.39 is 22.4 Å². The topological polar surface area (TPSA) is 26.3 Å². The van der Waals surface area contributed by atoms with Crippen molar-refractivity contribution in [3.05, 3.63) is 0 Å². The first-order valence-electron chi connectivity index (χ1n) is 3.71. The number of carbonyl (C=O) groups excluding carboxylic acids is 1. The van der Waals surface area contributed by atoms with Gasteiger partial charge in [0.05, 0.1) is 0 Å². The summed E-state index contributed by atoms with van der Waals surface area (Å²) in [5.41, 5.74) is 0. The number of ketones is 1. The van der Waals surface area contributed by atoms with Crippen LogP contribution in [0.3, 0.4) is 0 Å². The minimum Gasteiger partial charge on any atom is -0.358 e. The second-order valence-corrected chi connectivity index (χ2v) is 3.83. The molecule has 0 fully saturated rings. The maximum absolute atomic E-state index is 11.9. The van der Waals surface area contributed by atoms with Crippen molar-refractivity contribution in [3.63, 3.8) is 0 Å². The highest BCUT2D eigenvalue weighted by Gasteiger charge is 2.49. The Morgan fingerprint density at radius 3 is 2.21 bits per heavy atom. The molecule has 7 heteroatoms. The third-order valence-corrected chi connectivity index (χ3v) is 2.44. The lowest BCUT2D eigenvalue weighted by Gasteiger charge is -2.26. The molecule has 84 valence electrons. The monoisotopic (exact) mass is 252 g/mol. The fourth-order valence-electron chi connectivity index (χ4n) is 0.733. The van der Waals surface area contributed by atoms with Crippen LogP contribution in [0.25, 0.3) is 0 Å². The Morgan fingerprint density at radius 1 is 1.50 bits per heavy atom. The molecular weight excluding hydrogens is 244 g/mol. The fourth-order valence-corrected chi connectivity index (χ4v) is 1.13. The summed E-state index contributed by atoms with van der Waals surface area (Å²) in [6.07, 6.45) is -5.00. The number of Topliss-reactive ketones (excluding diaryl/α,β-unsaturated/α-hetero) is 1. The Kier molecular flexibility index (Phi) is 4.68. The molecule has 0 aromatic carbocycles. The van der Waals surface area contributed by atoms with E-state index in [2.05, 4.69) is 0 Å². The van der Waals surface area contributed by atoms with Gasteiger partial charge in [0.1, 0.15) is 5.38 Å². The highest BCUT2D eigenvalue weighted by Crippen LogP contribution is 2.31. The smallest absolute Gasteiger partial charge is 0.358 e. The number of rotatable bonds is 4. The van der Waals surface area contributed by atoms with E-state index in [-0.39, 0.29) is 6.61 Å². The normalized spacial score (nSPS) is 18.8. The second-order valence-electron chi connectivity index (χ2n) is 2.64. The Hall–Kier alpha value is -0.000000000000000111. The molecule has 2 atom stereocenters. The van der Waals surface area contributed by atoms with Gasteiger partial charge in [-0.2, -0.15) is 13.2 Å². The standard InChI is InChI=1S/C7H9Cl2F3O2/c1-3-14-6(2,9)4(8)5(13)7(10,11)12/h4H,3H2,1-2H3. The van der Waals surface area contributed by atoms with Crippen molar-refractivity contribution in [3.8, 4) is 0 Å². The highest BCUT2D eigenvalue weighted by molar-refractivity contribution is 6.39. The van der Waals surface area contributed by atoms with E-state index in [0.717, 1.165) is 6.92 Å². The van der Waals surface area contributed by atoms with Gasteiger partial charge in [-0.15, -0.1) is 11.6 Å². The van der Waals surface area contributed by atoms with Crippen LogP contribution in [0.15, 0.2) is 0 Å². The quantitative estimate of drug-likeness (QED) is 0.720. The molecule has 0 rings (SSSR count). The molecule has 14 heavy (non-hydrogen) atoms. The number of hydrogen-bond acceptors (Lipinski definition) is 2. The average molecular weight is 253 g/mol. The molecule has 2 nitrogen and oxygen atoms in total. The zero-order chi connectivity index (χ0) is 11.6. The van der Waals surface area contributed by atoms with Crippen LogP contribution in [0.2, 0.25) is 0 Å². The largest absolute Gasteiger partial charge is 0.451 e. The zero-order valence-electron chi connectivity index (χ0n) is 7.49. The molecule has 0 N–H and O–H groups in total. The predicted octanol–water partition coefficient (Wildman–Crippen LogP) is 2.72. The van der Waals surface area contributed by atoms with Crippen LogP contribution in [0, 0.1) is 0 Å². The SMILES string of the molecule is CCOC(C)(Cl)C(Cl)C(=O)C(F)(F)F. The molecule has 0 heterocycles. The van der Waals surface area contributed by atoms with E-state index in [1.807, 2.05) is 0 Å². The van der Waals surface area contributed by atoms with E-state index in [0.29, 0.717) is 0 Å². The molecule has 0 amide bonds. The molecule has 0 spiro atoms. The highest BCUT2D eigenvalue weighted by atomic mass is 35.5. The Labute approximate surface area is 89.3 Å². The van der Waals surface area contributed by atoms with Crippen molar-refractivity contribution in [1.82, 2.24) is 0 Å². The van der Waals surface area contributed by atoms with Crippen molar-refractivity contribution in [2.45, 2.75) is 30.5 Å². The molecule has 0 aliphatic carbocycles. The third kappa shape index (κ3) is 3.63. The number of halogens is 5. The number of alkyl halides is 5. The minimum atomic E-state index is -5.00. The van der Waals surface area contributed by atoms with Crippen LogP contribution >= 0.6 is 23.2 Å². The Balaban J connectivity index is 4.61. The number of carbonyl (C=O) groups is 1. The molecule has 0 saturated carbocycles. The van der Waals surface area contributed by atoms with E-state index in [1.165, 1.54) is 6.92 Å². The maximum Gasteiger partial charge on any atom is 0.451 e. The van der Waals surface area contributed by atoms with Gasteiger partial charge in [-0.05, 0) is 13.8 Å². The van der Waals surface area contributed by atoms with Gasteiger partial charge in [0.2, 0.25) is 0 Å². The van der Waals surface area contributed by atoms with Crippen LogP contribution in [-0.4, -0.2) is 29.0 Å². The summed E-state index contributed by atoms with van der Waals surface area (Å²) in [4.78, 5) is 10.7. The van der Waals surface area contributed by atoms with Crippen LogP contribution in [0.5, 0.6) is 0 Å². The predicted molar refractivity (Wildman–Crippen MR) is 46.6 cm³/mol. The first-order chi connectivity index (χ1) is 6.13. The Morgan fingerprint density at radius 2 is 1.93 bits per heavy atom. The van der Waals surface area contributed by atoms with Crippen LogP contribution < -0.4 is 0 Å². The summed E-state index contributed by atoms with van der Waals surface area (Å²) >= 11 is 10.8. The molecule has 0 aliphatic rings. The van der Waals surface area contributed by atoms with Crippen LogP contribution in [0.4, 0.5) is 13.2 Å². The third-order valence-electron chi connectivity index (χ3n) is 1.39. The van der Waals surface area contributed by atoms with Gasteiger partial charge in [0.25, 0.3) is 5.78 Å². The van der Waals surface area contributed by atoms with Crippen LogP contribution in [0.1, 0.15) is 13.8 Å². The van der Waals surface area contributed by atoms with Gasteiger partial charge in [-0.25, -0.2) is 0 Å². The molecule has 0 saturated heterocycles. The molecule has 0 aromatic rings. The molecule has 0 aromatic heterocycles. The van der Waals surface area contributed by atoms with E-state index in [1.54, 1.807) is 0 Å². The lowest BCUT2D eigenvalue weighted by atomic mass is 10.2. The van der Waals surface area contributed by atoms with Crippen molar-refractivity contribution in [2.24, 2.45) is 0 Å². The van der Waals surface area contributed by atoms with Gasteiger partial charge in [-0.1, -0.05) is 11.6 Å². The van der Waals surface area contributed by atoms with Crippen molar-refractivity contribution in [2.75, 3.05) is 6.61 Å². The lowest BCUT2D eigenvalue weighted by Crippen LogP contribution is -2.44. The minimum absolute atomic E-state index is 0.0638. The van der Waals surface area contributed by atoms with Crippen molar-refractivity contribution >= 4 is 29.0 Å². The van der Waals surface area contributed by atoms with Gasteiger partial charge in [0, 0.05) is 6.61 Å². The molecule has 0 bridgehead atoms. The van der Waals surface area contributed by atoms with Gasteiger partial charge in [-0.3, -0.25) is 4.79 Å². The fraction of sp³-hybridized carbons (Fsp3) is 0.857. The maximum atomic E-state index is 11.9. The van der Waals surface area contributed by atoms with Crippen LogP contribution in [-0.2, 0) is 9.53 Å². The Bertz CT molecular complexity index is 215. The van der Waals surface area contributed by atoms with Gasteiger partial charge < -0.3 is 4.74 Å². The average Bonchev–Trinajstić information content (AvgIpc) is 2.00. The summed E-state index contributed by atoms with van der Waals surface area (Å²) in [6.45, 7) is 2.70. The summed E-state index contributed by atoms with van der Waals surface area (Å²) < 4.78 is 40.5. The zero-order valence-corrected chi connectivity index (χ0v) is 9.00. The van der Waals surface area contributed by atoms with E-state index in [9.17, 15) is 18.0 Å². The summed E-state index contributed by atoms with van der Waals surface area (Å²) in [7, 11) is 0. The molecule has 2 unspecified atom stereocenters. The summed E-state index contributed by atoms with van der Waals surface area (Å²) in [6, 6.07) is 0. The number of ether oxygens (including phenoxy) is 1. The van der Waals surface area contributed by atoms with E-state index in [4.69, 9.17) is 27.9 Å². The summed E-state index contributed by atoms with van der Waals surface area (Å²) in [5.74, 6) is -2.11. The van der Waals surface area contributed by atoms with Crippen molar-refractivity contribution < 1.29 is 22.7 Å². The number of hydrogen-bond donors (Lipinski definition) is 0. The first-order valence-corrected chi connectivity index (χ1v) is 4.52. The van der Waals surface area contributed by atoms with E-state index >= 15 is 0 Å². The van der Waals surface area contributed by atoms with Gasteiger partial charge in [0.15, 0.2) is 5.06 Å². The first kappa shape index (κ1) is 14.0.